The Bertz CT molecular complexity index is 347. The zero-order valence-corrected chi connectivity index (χ0v) is 8.23. The minimum Gasteiger partial charge on any atom is -0.321 e. The number of pyridine rings is 1. The molecule has 1 aromatic rings. The molecule has 0 aliphatic heterocycles. The van der Waals surface area contributed by atoms with Crippen LogP contribution in [0.15, 0.2) is 31.1 Å². The highest BCUT2D eigenvalue weighted by Gasteiger charge is 2.14. The quantitative estimate of drug-likeness (QED) is 0.578. The Balaban J connectivity index is 2.83. The van der Waals surface area contributed by atoms with Crippen LogP contribution in [0.2, 0.25) is 0 Å². The van der Waals surface area contributed by atoms with Crippen LogP contribution in [0, 0.1) is 6.92 Å². The van der Waals surface area contributed by atoms with Gasteiger partial charge in [-0.1, -0.05) is 6.08 Å². The van der Waals surface area contributed by atoms with E-state index in [9.17, 15) is 4.79 Å². The van der Waals surface area contributed by atoms with E-state index in [0.717, 1.165) is 5.56 Å². The van der Waals surface area contributed by atoms with Crippen LogP contribution in [0.5, 0.6) is 0 Å². The monoisotopic (exact) mass is 190 g/mol. The minimum absolute atomic E-state index is 0.0823. The summed E-state index contributed by atoms with van der Waals surface area (Å²) in [5.41, 5.74) is 7.19. The standard InChI is InChI=1S/C11H14N2O/c1-3-4-10(12)11(14)9-5-8(2)6-13-7-9/h3,5-7,10H,1,4,12H2,2H3. The van der Waals surface area contributed by atoms with Gasteiger partial charge in [0, 0.05) is 18.0 Å². The molecular formula is C11H14N2O. The number of nitrogens with zero attached hydrogens (tertiary/aromatic N) is 1. The van der Waals surface area contributed by atoms with Gasteiger partial charge in [-0.25, -0.2) is 0 Å². The first kappa shape index (κ1) is 10.6. The number of aryl methyl sites for hydroxylation is 1. The van der Waals surface area contributed by atoms with Crippen molar-refractivity contribution in [2.24, 2.45) is 5.73 Å². The van der Waals surface area contributed by atoms with Gasteiger partial charge in [0.15, 0.2) is 5.78 Å². The summed E-state index contributed by atoms with van der Waals surface area (Å²) in [6, 6.07) is 1.29. The Labute approximate surface area is 83.7 Å². The zero-order valence-electron chi connectivity index (χ0n) is 8.23. The van der Waals surface area contributed by atoms with Crippen molar-refractivity contribution in [1.82, 2.24) is 4.98 Å². The van der Waals surface area contributed by atoms with E-state index in [1.165, 1.54) is 6.20 Å². The third-order valence-electron chi connectivity index (χ3n) is 1.92. The van der Waals surface area contributed by atoms with Crippen molar-refractivity contribution >= 4 is 5.78 Å². The maximum absolute atomic E-state index is 11.7. The highest BCUT2D eigenvalue weighted by atomic mass is 16.1. The summed E-state index contributed by atoms with van der Waals surface area (Å²) in [7, 11) is 0. The number of Topliss-reactive ketones (excluding diaryl/α,β-unsaturated/α-hetero) is 1. The van der Waals surface area contributed by atoms with Gasteiger partial charge in [-0.15, -0.1) is 6.58 Å². The van der Waals surface area contributed by atoms with Gasteiger partial charge in [0.1, 0.15) is 0 Å². The van der Waals surface area contributed by atoms with Crippen LogP contribution in [0.3, 0.4) is 0 Å². The molecule has 3 nitrogen and oxygen atoms in total. The number of nitrogens with two attached hydrogens (primary N) is 1. The van der Waals surface area contributed by atoms with E-state index in [1.54, 1.807) is 18.3 Å². The van der Waals surface area contributed by atoms with Crippen molar-refractivity contribution in [3.63, 3.8) is 0 Å². The molecule has 1 heterocycles. The first-order chi connectivity index (χ1) is 6.65. The van der Waals surface area contributed by atoms with Crippen molar-refractivity contribution in [2.45, 2.75) is 19.4 Å². The molecule has 0 spiro atoms. The van der Waals surface area contributed by atoms with Crippen LogP contribution in [0.25, 0.3) is 0 Å². The number of ketones is 1. The predicted octanol–water partition coefficient (Wildman–Crippen LogP) is 1.48. The largest absolute Gasteiger partial charge is 0.321 e. The maximum atomic E-state index is 11.7. The van der Waals surface area contributed by atoms with Crippen LogP contribution in [-0.2, 0) is 0 Å². The average molecular weight is 190 g/mol. The molecule has 74 valence electrons. The van der Waals surface area contributed by atoms with Crippen LogP contribution in [-0.4, -0.2) is 16.8 Å². The summed E-state index contributed by atoms with van der Waals surface area (Å²) in [6.07, 6.45) is 5.38. The molecule has 0 fully saturated rings. The summed E-state index contributed by atoms with van der Waals surface area (Å²) < 4.78 is 0. The molecule has 0 aliphatic carbocycles. The molecule has 0 aromatic carbocycles. The normalized spacial score (nSPS) is 12.1. The van der Waals surface area contributed by atoms with E-state index in [-0.39, 0.29) is 5.78 Å². The van der Waals surface area contributed by atoms with Crippen LogP contribution in [0.1, 0.15) is 22.3 Å². The molecule has 2 N–H and O–H groups in total. The third kappa shape index (κ3) is 2.50. The summed E-state index contributed by atoms with van der Waals surface area (Å²) in [4.78, 5) is 15.6. The van der Waals surface area contributed by atoms with Gasteiger partial charge in [-0.2, -0.15) is 0 Å². The second-order valence-electron chi connectivity index (χ2n) is 3.25. The topological polar surface area (TPSA) is 56.0 Å². The van der Waals surface area contributed by atoms with Crippen molar-refractivity contribution in [3.8, 4) is 0 Å². The number of hydrogen-bond donors (Lipinski definition) is 1. The van der Waals surface area contributed by atoms with Crippen molar-refractivity contribution in [1.29, 1.82) is 0 Å². The summed E-state index contributed by atoms with van der Waals surface area (Å²) in [5, 5.41) is 0. The second-order valence-corrected chi connectivity index (χ2v) is 3.25. The molecular weight excluding hydrogens is 176 g/mol. The lowest BCUT2D eigenvalue weighted by Gasteiger charge is -2.07. The van der Waals surface area contributed by atoms with E-state index in [2.05, 4.69) is 11.6 Å². The molecule has 0 radical (unpaired) electrons. The second kappa shape index (κ2) is 4.67. The number of rotatable bonds is 4. The summed E-state index contributed by atoms with van der Waals surface area (Å²) in [5.74, 6) is -0.0823. The third-order valence-corrected chi connectivity index (χ3v) is 1.92. The lowest BCUT2D eigenvalue weighted by atomic mass is 10.0. The van der Waals surface area contributed by atoms with Gasteiger partial charge in [0.2, 0.25) is 0 Å². The van der Waals surface area contributed by atoms with E-state index >= 15 is 0 Å². The number of carbonyl (C=O) groups excluding carboxylic acids is 1. The molecule has 1 rings (SSSR count). The van der Waals surface area contributed by atoms with Gasteiger partial charge in [-0.3, -0.25) is 9.78 Å². The first-order valence-corrected chi connectivity index (χ1v) is 4.47. The van der Waals surface area contributed by atoms with E-state index in [0.29, 0.717) is 12.0 Å². The van der Waals surface area contributed by atoms with Crippen LogP contribution < -0.4 is 5.73 Å². The first-order valence-electron chi connectivity index (χ1n) is 4.47. The van der Waals surface area contributed by atoms with Gasteiger partial charge in [0.25, 0.3) is 0 Å². The van der Waals surface area contributed by atoms with E-state index in [1.807, 2.05) is 6.92 Å². The van der Waals surface area contributed by atoms with E-state index in [4.69, 9.17) is 5.73 Å². The lowest BCUT2D eigenvalue weighted by Crippen LogP contribution is -2.29. The van der Waals surface area contributed by atoms with Gasteiger partial charge < -0.3 is 5.73 Å². The minimum atomic E-state index is -0.504. The van der Waals surface area contributed by atoms with Crippen molar-refractivity contribution < 1.29 is 4.79 Å². The van der Waals surface area contributed by atoms with Gasteiger partial charge >= 0.3 is 0 Å². The average Bonchev–Trinajstić information content (AvgIpc) is 2.17. The predicted molar refractivity (Wildman–Crippen MR) is 56.1 cm³/mol. The highest BCUT2D eigenvalue weighted by Crippen LogP contribution is 2.06. The highest BCUT2D eigenvalue weighted by molar-refractivity contribution is 5.99. The fourth-order valence-corrected chi connectivity index (χ4v) is 1.19. The molecule has 1 unspecified atom stereocenters. The molecule has 3 heteroatoms. The Morgan fingerprint density at radius 1 is 1.71 bits per heavy atom. The molecule has 0 amide bonds. The Kier molecular flexibility index (Phi) is 3.54. The van der Waals surface area contributed by atoms with E-state index < -0.39 is 6.04 Å². The molecule has 14 heavy (non-hydrogen) atoms. The molecule has 0 aliphatic rings. The van der Waals surface area contributed by atoms with Gasteiger partial charge in [-0.05, 0) is 25.0 Å². The summed E-state index contributed by atoms with van der Waals surface area (Å²) >= 11 is 0. The molecule has 0 saturated heterocycles. The van der Waals surface area contributed by atoms with Crippen molar-refractivity contribution in [3.05, 3.63) is 42.2 Å². The van der Waals surface area contributed by atoms with Crippen molar-refractivity contribution in [2.75, 3.05) is 0 Å². The molecule has 1 aromatic heterocycles. The fourth-order valence-electron chi connectivity index (χ4n) is 1.19. The SMILES string of the molecule is C=CCC(N)C(=O)c1cncc(C)c1. The number of hydrogen-bond acceptors (Lipinski definition) is 3. The molecule has 0 saturated carbocycles. The van der Waals surface area contributed by atoms with Gasteiger partial charge in [0.05, 0.1) is 6.04 Å². The Morgan fingerprint density at radius 2 is 2.43 bits per heavy atom. The number of aromatic nitrogens is 1. The smallest absolute Gasteiger partial charge is 0.181 e. The van der Waals surface area contributed by atoms with Crippen LogP contribution >= 0.6 is 0 Å². The fraction of sp³-hybridized carbons (Fsp3) is 0.273. The molecule has 1 atom stereocenters. The summed E-state index contributed by atoms with van der Waals surface area (Å²) in [6.45, 7) is 5.44. The Morgan fingerprint density at radius 3 is 3.00 bits per heavy atom. The zero-order chi connectivity index (χ0) is 10.6. The number of carbonyl (C=O) groups is 1. The maximum Gasteiger partial charge on any atom is 0.181 e. The molecule has 0 bridgehead atoms. The van der Waals surface area contributed by atoms with Crippen LogP contribution in [0.4, 0.5) is 0 Å². The Hall–Kier alpha value is -1.48. The lowest BCUT2D eigenvalue weighted by molar-refractivity contribution is 0.0961.